The van der Waals surface area contributed by atoms with Crippen LogP contribution in [0.2, 0.25) is 10.0 Å². The number of hydrogen-bond acceptors (Lipinski definition) is 4. The number of ether oxygens (including phenoxy) is 1. The van der Waals surface area contributed by atoms with Gasteiger partial charge in [-0.15, -0.1) is 0 Å². The monoisotopic (exact) mass is 379 g/mol. The number of aliphatic carboxylic acids is 1. The Morgan fingerprint density at radius 3 is 2.60 bits per heavy atom. The van der Waals surface area contributed by atoms with Crippen molar-refractivity contribution in [2.24, 2.45) is 0 Å². The highest BCUT2D eigenvalue weighted by Crippen LogP contribution is 2.41. The molecule has 0 saturated heterocycles. The average Bonchev–Trinajstić information content (AvgIpc) is 2.59. The maximum atomic E-state index is 12.6. The largest absolute Gasteiger partial charge is 0.480 e. The van der Waals surface area contributed by atoms with Crippen LogP contribution in [0.25, 0.3) is 0 Å². The molecule has 2 atom stereocenters. The first-order valence-electron chi connectivity index (χ1n) is 7.64. The van der Waals surface area contributed by atoms with E-state index in [4.69, 9.17) is 27.9 Å². The molecule has 0 aromatic heterocycles. The molecule has 5 nitrogen and oxygen atoms in total. The molecular weight excluding hydrogens is 365 g/mol. The number of benzene rings is 2. The van der Waals surface area contributed by atoms with Gasteiger partial charge in [0.05, 0.1) is 5.92 Å². The minimum Gasteiger partial charge on any atom is -0.480 e. The number of esters is 1. The first kappa shape index (κ1) is 17.6. The number of carbonyl (C=O) groups is 2. The van der Waals surface area contributed by atoms with E-state index < -0.39 is 23.9 Å². The number of carboxylic acids is 1. The van der Waals surface area contributed by atoms with Crippen LogP contribution in [0.15, 0.2) is 42.5 Å². The SMILES string of the molecule is O=C(O)[C@@H]1C[C@H](C(=O)OCc2ccccc2)c2c(Cl)cc(Cl)cc2N1. The van der Waals surface area contributed by atoms with E-state index in [1.54, 1.807) is 6.07 Å². The number of hydrogen-bond donors (Lipinski definition) is 2. The quantitative estimate of drug-likeness (QED) is 0.782. The molecule has 1 aliphatic rings. The maximum absolute atomic E-state index is 12.6. The van der Waals surface area contributed by atoms with Gasteiger partial charge in [0, 0.05) is 21.3 Å². The van der Waals surface area contributed by atoms with Gasteiger partial charge < -0.3 is 15.2 Å². The molecule has 2 N–H and O–H groups in total. The minimum atomic E-state index is -1.05. The zero-order valence-electron chi connectivity index (χ0n) is 13.0. The molecule has 2 aromatic rings. The third kappa shape index (κ3) is 3.89. The molecule has 0 radical (unpaired) electrons. The third-order valence-corrected chi connectivity index (χ3v) is 4.58. The Hall–Kier alpha value is -2.24. The van der Waals surface area contributed by atoms with Crippen molar-refractivity contribution in [3.05, 3.63) is 63.6 Å². The number of carbonyl (C=O) groups excluding carboxylic acids is 1. The molecule has 130 valence electrons. The topological polar surface area (TPSA) is 75.6 Å². The number of anilines is 1. The highest BCUT2D eigenvalue weighted by atomic mass is 35.5. The lowest BCUT2D eigenvalue weighted by atomic mass is 9.87. The Kier molecular flexibility index (Phi) is 5.16. The molecule has 2 aromatic carbocycles. The predicted molar refractivity (Wildman–Crippen MR) is 95.1 cm³/mol. The van der Waals surface area contributed by atoms with Gasteiger partial charge in [0.15, 0.2) is 0 Å². The molecule has 1 aliphatic heterocycles. The lowest BCUT2D eigenvalue weighted by molar-refractivity contribution is -0.147. The second-order valence-corrected chi connectivity index (χ2v) is 6.61. The van der Waals surface area contributed by atoms with E-state index >= 15 is 0 Å². The van der Waals surface area contributed by atoms with Gasteiger partial charge in [-0.2, -0.15) is 0 Å². The first-order chi connectivity index (χ1) is 12.0. The van der Waals surface area contributed by atoms with Gasteiger partial charge in [-0.3, -0.25) is 4.79 Å². The fourth-order valence-corrected chi connectivity index (χ4v) is 3.49. The van der Waals surface area contributed by atoms with Gasteiger partial charge in [0.25, 0.3) is 0 Å². The highest BCUT2D eigenvalue weighted by molar-refractivity contribution is 6.36. The van der Waals surface area contributed by atoms with Gasteiger partial charge in [-0.25, -0.2) is 4.79 Å². The first-order valence-corrected chi connectivity index (χ1v) is 8.40. The molecule has 0 fully saturated rings. The summed E-state index contributed by atoms with van der Waals surface area (Å²) in [5, 5.41) is 12.9. The van der Waals surface area contributed by atoms with Crippen LogP contribution in [-0.4, -0.2) is 23.1 Å². The number of rotatable bonds is 4. The summed E-state index contributed by atoms with van der Waals surface area (Å²) < 4.78 is 5.39. The van der Waals surface area contributed by atoms with Gasteiger partial charge in [0.1, 0.15) is 12.6 Å². The molecule has 3 rings (SSSR count). The number of nitrogens with one attached hydrogen (secondary N) is 1. The van der Waals surface area contributed by atoms with Crippen molar-refractivity contribution in [3.63, 3.8) is 0 Å². The average molecular weight is 380 g/mol. The molecule has 0 unspecified atom stereocenters. The summed E-state index contributed by atoms with van der Waals surface area (Å²) in [4.78, 5) is 24.0. The van der Waals surface area contributed by atoms with Crippen LogP contribution >= 0.6 is 23.2 Å². The Labute approximate surface area is 154 Å². The fourth-order valence-electron chi connectivity index (χ4n) is 2.86. The Morgan fingerprint density at radius 2 is 1.92 bits per heavy atom. The Bertz CT molecular complexity index is 810. The van der Waals surface area contributed by atoms with Gasteiger partial charge in [0.2, 0.25) is 0 Å². The summed E-state index contributed by atoms with van der Waals surface area (Å²) in [5.74, 6) is -2.34. The van der Waals surface area contributed by atoms with Crippen LogP contribution in [-0.2, 0) is 20.9 Å². The highest BCUT2D eigenvalue weighted by Gasteiger charge is 2.37. The molecular formula is C18H15Cl2NO4. The van der Waals surface area contributed by atoms with Crippen molar-refractivity contribution in [2.45, 2.75) is 25.0 Å². The Morgan fingerprint density at radius 1 is 1.20 bits per heavy atom. The van der Waals surface area contributed by atoms with E-state index in [1.807, 2.05) is 30.3 Å². The minimum absolute atomic E-state index is 0.0529. The van der Waals surface area contributed by atoms with Gasteiger partial charge >= 0.3 is 11.9 Å². The maximum Gasteiger partial charge on any atom is 0.326 e. The third-order valence-electron chi connectivity index (χ3n) is 4.05. The fraction of sp³-hybridized carbons (Fsp3) is 0.222. The van der Waals surface area contributed by atoms with Crippen LogP contribution in [0.5, 0.6) is 0 Å². The van der Waals surface area contributed by atoms with Crippen molar-refractivity contribution >= 4 is 40.8 Å². The van der Waals surface area contributed by atoms with Crippen molar-refractivity contribution in [3.8, 4) is 0 Å². The van der Waals surface area contributed by atoms with Crippen molar-refractivity contribution in [2.75, 3.05) is 5.32 Å². The summed E-state index contributed by atoms with van der Waals surface area (Å²) in [6.45, 7) is 0.113. The second-order valence-electron chi connectivity index (χ2n) is 5.77. The van der Waals surface area contributed by atoms with Crippen molar-refractivity contribution in [1.29, 1.82) is 0 Å². The normalized spacial score (nSPS) is 18.8. The molecule has 0 spiro atoms. The standard InChI is InChI=1S/C18H15Cl2NO4/c19-11-6-13(20)16-12(8-15(17(22)23)21-14(16)7-11)18(24)25-9-10-4-2-1-3-5-10/h1-7,12,15,21H,8-9H2,(H,22,23)/t12-,15-/m0/s1. The smallest absolute Gasteiger partial charge is 0.326 e. The molecule has 1 heterocycles. The summed E-state index contributed by atoms with van der Waals surface area (Å²) in [6, 6.07) is 11.4. The second kappa shape index (κ2) is 7.33. The van der Waals surface area contributed by atoms with Gasteiger partial charge in [-0.05, 0) is 24.1 Å². The van der Waals surface area contributed by atoms with E-state index in [9.17, 15) is 14.7 Å². The zero-order valence-corrected chi connectivity index (χ0v) is 14.6. The lowest BCUT2D eigenvalue weighted by Gasteiger charge is -2.30. The summed E-state index contributed by atoms with van der Waals surface area (Å²) in [7, 11) is 0. The van der Waals surface area contributed by atoms with Crippen molar-refractivity contribution in [1.82, 2.24) is 0 Å². The predicted octanol–water partition coefficient (Wildman–Crippen LogP) is 4.09. The Balaban J connectivity index is 1.86. The summed E-state index contributed by atoms with van der Waals surface area (Å²) in [5.41, 5.74) is 1.81. The summed E-state index contributed by atoms with van der Waals surface area (Å²) >= 11 is 12.2. The van der Waals surface area contributed by atoms with Crippen LogP contribution in [0.4, 0.5) is 5.69 Å². The van der Waals surface area contributed by atoms with E-state index in [0.29, 0.717) is 21.3 Å². The number of halogens is 2. The van der Waals surface area contributed by atoms with E-state index in [2.05, 4.69) is 5.32 Å². The van der Waals surface area contributed by atoms with E-state index in [0.717, 1.165) is 5.56 Å². The summed E-state index contributed by atoms with van der Waals surface area (Å²) in [6.07, 6.45) is 0.0529. The lowest BCUT2D eigenvalue weighted by Crippen LogP contribution is -2.37. The molecule has 0 amide bonds. The van der Waals surface area contributed by atoms with Crippen LogP contribution < -0.4 is 5.32 Å². The van der Waals surface area contributed by atoms with Crippen molar-refractivity contribution < 1.29 is 19.4 Å². The number of carboxylic acid groups (broad SMARTS) is 1. The molecule has 25 heavy (non-hydrogen) atoms. The van der Waals surface area contributed by atoms with E-state index in [1.165, 1.54) is 6.07 Å². The van der Waals surface area contributed by atoms with Crippen LogP contribution in [0.1, 0.15) is 23.5 Å². The molecule has 0 bridgehead atoms. The molecule has 7 heteroatoms. The zero-order chi connectivity index (χ0) is 18.0. The molecule has 0 saturated carbocycles. The van der Waals surface area contributed by atoms with Crippen LogP contribution in [0.3, 0.4) is 0 Å². The van der Waals surface area contributed by atoms with Crippen LogP contribution in [0, 0.1) is 0 Å². The van der Waals surface area contributed by atoms with Gasteiger partial charge in [-0.1, -0.05) is 53.5 Å². The molecule has 0 aliphatic carbocycles. The van der Waals surface area contributed by atoms with E-state index in [-0.39, 0.29) is 13.0 Å². The number of fused-ring (bicyclic) bond motifs is 1.